The summed E-state index contributed by atoms with van der Waals surface area (Å²) in [4.78, 5) is 12.2. The first-order chi connectivity index (χ1) is 9.08. The van der Waals surface area contributed by atoms with Crippen molar-refractivity contribution < 1.29 is 4.79 Å². The zero-order chi connectivity index (χ0) is 13.5. The van der Waals surface area contributed by atoms with Crippen molar-refractivity contribution >= 4 is 5.91 Å². The third-order valence-corrected chi connectivity index (χ3v) is 5.32. The summed E-state index contributed by atoms with van der Waals surface area (Å²) in [6.07, 6.45) is 10.1. The van der Waals surface area contributed by atoms with Gasteiger partial charge < -0.3 is 5.32 Å². The Morgan fingerprint density at radius 1 is 1.26 bits per heavy atom. The average molecular weight is 258 g/mol. The molecule has 3 heteroatoms. The van der Waals surface area contributed by atoms with Crippen LogP contribution >= 0.6 is 0 Å². The molecule has 0 aromatic carbocycles. The van der Waals surface area contributed by atoms with Crippen LogP contribution in [0.2, 0.25) is 0 Å². The second-order valence-corrected chi connectivity index (χ2v) is 7.10. The maximum absolute atomic E-state index is 12.2. The molecule has 4 bridgehead atoms. The summed E-state index contributed by atoms with van der Waals surface area (Å²) in [5.41, 5.74) is 0.948. The molecule has 0 heterocycles. The van der Waals surface area contributed by atoms with Crippen molar-refractivity contribution in [3.05, 3.63) is 11.8 Å². The number of nitrogens with zero attached hydrogens (tertiary/aromatic N) is 1. The second kappa shape index (κ2) is 4.67. The quantitative estimate of drug-likeness (QED) is 0.791. The molecular weight excluding hydrogens is 236 g/mol. The number of nitrogens with one attached hydrogen (secondary N) is 1. The predicted octanol–water partition coefficient (Wildman–Crippen LogP) is 3.14. The number of amides is 1. The van der Waals surface area contributed by atoms with E-state index < -0.39 is 0 Å². The minimum Gasteiger partial charge on any atom is -0.329 e. The molecule has 1 amide bonds. The Bertz CT molecular complexity index is 423. The fourth-order valence-corrected chi connectivity index (χ4v) is 5.24. The molecule has 0 aliphatic heterocycles. The van der Waals surface area contributed by atoms with Crippen LogP contribution in [0.15, 0.2) is 11.8 Å². The fraction of sp³-hybridized carbons (Fsp3) is 0.750. The van der Waals surface area contributed by atoms with E-state index >= 15 is 0 Å². The third-order valence-electron chi connectivity index (χ3n) is 5.32. The number of hydrogen-bond acceptors (Lipinski definition) is 2. The molecule has 4 aliphatic rings. The number of nitriles is 1. The SMILES string of the molecule is C/C(=C\C#N)NC(=O)CC12CC3CC(CC(C3)C1)C2. The fourth-order valence-electron chi connectivity index (χ4n) is 5.24. The monoisotopic (exact) mass is 258 g/mol. The molecular formula is C16H22N2O. The third kappa shape index (κ3) is 2.54. The predicted molar refractivity (Wildman–Crippen MR) is 72.7 cm³/mol. The highest BCUT2D eigenvalue weighted by atomic mass is 16.1. The number of carbonyl (C=O) groups excluding carboxylic acids is 1. The van der Waals surface area contributed by atoms with E-state index in [1.54, 1.807) is 6.92 Å². The lowest BCUT2D eigenvalue weighted by molar-refractivity contribution is -0.128. The Kier molecular flexibility index (Phi) is 3.12. The number of carbonyl (C=O) groups is 1. The smallest absolute Gasteiger partial charge is 0.224 e. The van der Waals surface area contributed by atoms with Crippen LogP contribution in [0.5, 0.6) is 0 Å². The van der Waals surface area contributed by atoms with Crippen molar-refractivity contribution in [1.82, 2.24) is 5.32 Å². The van der Waals surface area contributed by atoms with E-state index in [2.05, 4.69) is 5.32 Å². The van der Waals surface area contributed by atoms with Crippen LogP contribution in [0.3, 0.4) is 0 Å². The molecule has 102 valence electrons. The molecule has 19 heavy (non-hydrogen) atoms. The minimum atomic E-state index is 0.103. The molecule has 4 fully saturated rings. The van der Waals surface area contributed by atoms with Crippen LogP contribution in [-0.4, -0.2) is 5.91 Å². The Balaban J connectivity index is 1.65. The Hall–Kier alpha value is -1.30. The highest BCUT2D eigenvalue weighted by molar-refractivity contribution is 5.78. The van der Waals surface area contributed by atoms with Gasteiger partial charge in [0, 0.05) is 18.2 Å². The summed E-state index contributed by atoms with van der Waals surface area (Å²) in [6.45, 7) is 1.78. The van der Waals surface area contributed by atoms with E-state index in [1.807, 2.05) is 6.07 Å². The van der Waals surface area contributed by atoms with E-state index in [0.717, 1.165) is 17.8 Å². The molecule has 0 atom stereocenters. The lowest BCUT2D eigenvalue weighted by atomic mass is 9.49. The Morgan fingerprint density at radius 2 is 1.79 bits per heavy atom. The maximum atomic E-state index is 12.2. The zero-order valence-electron chi connectivity index (χ0n) is 11.6. The van der Waals surface area contributed by atoms with Crippen molar-refractivity contribution in [3.8, 4) is 6.07 Å². The first-order valence-electron chi connectivity index (χ1n) is 7.45. The molecule has 4 saturated carbocycles. The van der Waals surface area contributed by atoms with Gasteiger partial charge in [0.15, 0.2) is 0 Å². The number of allylic oxidation sites excluding steroid dienone is 2. The standard InChI is InChI=1S/C16H22N2O/c1-11(2-3-17)18-15(19)10-16-7-12-4-13(8-16)6-14(5-12)9-16/h2,12-14H,4-10H2,1H3,(H,18,19)/b11-2+. The summed E-state index contributed by atoms with van der Waals surface area (Å²) in [7, 11) is 0. The van der Waals surface area contributed by atoms with Crippen LogP contribution in [0.1, 0.15) is 51.9 Å². The second-order valence-electron chi connectivity index (χ2n) is 7.10. The van der Waals surface area contributed by atoms with E-state index in [-0.39, 0.29) is 11.3 Å². The van der Waals surface area contributed by atoms with Crippen molar-refractivity contribution in [2.24, 2.45) is 23.2 Å². The van der Waals surface area contributed by atoms with Crippen LogP contribution in [0.25, 0.3) is 0 Å². The lowest BCUT2D eigenvalue weighted by Crippen LogP contribution is -2.47. The lowest BCUT2D eigenvalue weighted by Gasteiger charge is -2.56. The molecule has 0 radical (unpaired) electrons. The summed E-state index contributed by atoms with van der Waals surface area (Å²) >= 11 is 0. The molecule has 0 aromatic heterocycles. The molecule has 1 N–H and O–H groups in total. The zero-order valence-corrected chi connectivity index (χ0v) is 11.6. The largest absolute Gasteiger partial charge is 0.329 e. The van der Waals surface area contributed by atoms with Crippen molar-refractivity contribution in [3.63, 3.8) is 0 Å². The summed E-state index contributed by atoms with van der Waals surface area (Å²) < 4.78 is 0. The molecule has 0 spiro atoms. The van der Waals surface area contributed by atoms with Crippen LogP contribution in [-0.2, 0) is 4.79 Å². The van der Waals surface area contributed by atoms with Crippen LogP contribution < -0.4 is 5.32 Å². The van der Waals surface area contributed by atoms with E-state index in [1.165, 1.54) is 44.6 Å². The molecule has 4 rings (SSSR count). The summed E-state index contributed by atoms with van der Waals surface area (Å²) in [5.74, 6) is 2.75. The Morgan fingerprint density at radius 3 is 2.26 bits per heavy atom. The van der Waals surface area contributed by atoms with Crippen molar-refractivity contribution in [1.29, 1.82) is 5.26 Å². The summed E-state index contributed by atoms with van der Waals surface area (Å²) in [6, 6.07) is 1.96. The molecule has 0 saturated heterocycles. The first kappa shape index (κ1) is 12.7. The van der Waals surface area contributed by atoms with Gasteiger partial charge in [-0.15, -0.1) is 0 Å². The summed E-state index contributed by atoms with van der Waals surface area (Å²) in [5, 5.41) is 11.4. The van der Waals surface area contributed by atoms with Gasteiger partial charge >= 0.3 is 0 Å². The normalized spacial score (nSPS) is 40.0. The van der Waals surface area contributed by atoms with E-state index in [0.29, 0.717) is 12.1 Å². The van der Waals surface area contributed by atoms with Gasteiger partial charge in [-0.05, 0) is 68.6 Å². The van der Waals surface area contributed by atoms with Gasteiger partial charge in [0.05, 0.1) is 6.07 Å². The highest BCUT2D eigenvalue weighted by Crippen LogP contribution is 2.61. The van der Waals surface area contributed by atoms with Gasteiger partial charge in [0.2, 0.25) is 5.91 Å². The maximum Gasteiger partial charge on any atom is 0.224 e. The van der Waals surface area contributed by atoms with Gasteiger partial charge in [-0.25, -0.2) is 0 Å². The van der Waals surface area contributed by atoms with Crippen molar-refractivity contribution in [2.75, 3.05) is 0 Å². The topological polar surface area (TPSA) is 52.9 Å². The first-order valence-corrected chi connectivity index (χ1v) is 7.45. The van der Waals surface area contributed by atoms with Gasteiger partial charge in [0.1, 0.15) is 0 Å². The highest BCUT2D eigenvalue weighted by Gasteiger charge is 2.51. The van der Waals surface area contributed by atoms with E-state index in [4.69, 9.17) is 5.26 Å². The van der Waals surface area contributed by atoms with Crippen molar-refractivity contribution in [2.45, 2.75) is 51.9 Å². The minimum absolute atomic E-state index is 0.103. The van der Waals surface area contributed by atoms with Crippen LogP contribution in [0.4, 0.5) is 0 Å². The Labute approximate surface area is 115 Å². The van der Waals surface area contributed by atoms with Gasteiger partial charge in [-0.1, -0.05) is 0 Å². The van der Waals surface area contributed by atoms with Gasteiger partial charge in [0.25, 0.3) is 0 Å². The van der Waals surface area contributed by atoms with Gasteiger partial charge in [-0.2, -0.15) is 5.26 Å². The molecule has 4 aliphatic carbocycles. The van der Waals surface area contributed by atoms with E-state index in [9.17, 15) is 4.79 Å². The number of hydrogen-bond donors (Lipinski definition) is 1. The number of rotatable bonds is 3. The van der Waals surface area contributed by atoms with Gasteiger partial charge in [-0.3, -0.25) is 4.79 Å². The molecule has 0 aromatic rings. The molecule has 3 nitrogen and oxygen atoms in total. The van der Waals surface area contributed by atoms with Crippen LogP contribution in [0, 0.1) is 34.5 Å². The molecule has 0 unspecified atom stereocenters. The average Bonchev–Trinajstić information content (AvgIpc) is 2.25.